The number of primary amides is 1. The van der Waals surface area contributed by atoms with Crippen LogP contribution in [-0.4, -0.2) is 12.5 Å². The number of hydrogen-bond acceptors (Lipinski definition) is 2. The monoisotopic (exact) mass is 246 g/mol. The minimum atomic E-state index is -0.353. The van der Waals surface area contributed by atoms with Crippen molar-refractivity contribution < 1.29 is 4.79 Å². The second-order valence-electron chi connectivity index (χ2n) is 5.23. The average molecular weight is 246 g/mol. The first-order valence-corrected chi connectivity index (χ1v) is 6.82. The lowest BCUT2D eigenvalue weighted by Gasteiger charge is -2.23. The molecule has 1 aliphatic rings. The highest BCUT2D eigenvalue weighted by Crippen LogP contribution is 2.25. The van der Waals surface area contributed by atoms with Gasteiger partial charge >= 0.3 is 0 Å². The van der Waals surface area contributed by atoms with Gasteiger partial charge in [0.15, 0.2) is 0 Å². The van der Waals surface area contributed by atoms with Crippen molar-refractivity contribution in [2.75, 3.05) is 11.9 Å². The molecule has 1 aliphatic carbocycles. The molecule has 1 saturated carbocycles. The van der Waals surface area contributed by atoms with E-state index in [2.05, 4.69) is 5.32 Å². The fourth-order valence-corrected chi connectivity index (χ4v) is 2.74. The van der Waals surface area contributed by atoms with Gasteiger partial charge in [-0.15, -0.1) is 0 Å². The topological polar surface area (TPSA) is 55.1 Å². The van der Waals surface area contributed by atoms with Gasteiger partial charge in [0.1, 0.15) is 0 Å². The zero-order valence-corrected chi connectivity index (χ0v) is 11.0. The number of carbonyl (C=O) groups excluding carboxylic acids is 1. The van der Waals surface area contributed by atoms with E-state index >= 15 is 0 Å². The SMILES string of the molecule is Cc1c(NCC2CCCCC2)cccc1C(N)=O. The molecule has 0 heterocycles. The van der Waals surface area contributed by atoms with Crippen LogP contribution < -0.4 is 11.1 Å². The van der Waals surface area contributed by atoms with Crippen LogP contribution in [0.2, 0.25) is 0 Å². The molecule has 2 rings (SSSR count). The molecular weight excluding hydrogens is 224 g/mol. The van der Waals surface area contributed by atoms with Crippen molar-refractivity contribution in [3.63, 3.8) is 0 Å². The number of rotatable bonds is 4. The zero-order valence-electron chi connectivity index (χ0n) is 11.0. The van der Waals surface area contributed by atoms with Crippen molar-refractivity contribution >= 4 is 11.6 Å². The molecule has 1 aromatic carbocycles. The van der Waals surface area contributed by atoms with Gasteiger partial charge in [-0.1, -0.05) is 25.3 Å². The fraction of sp³-hybridized carbons (Fsp3) is 0.533. The summed E-state index contributed by atoms with van der Waals surface area (Å²) < 4.78 is 0. The molecule has 0 saturated heterocycles. The smallest absolute Gasteiger partial charge is 0.249 e. The van der Waals surface area contributed by atoms with E-state index in [9.17, 15) is 4.79 Å². The molecule has 0 aliphatic heterocycles. The molecule has 3 N–H and O–H groups in total. The summed E-state index contributed by atoms with van der Waals surface area (Å²) in [6.45, 7) is 2.95. The molecule has 3 nitrogen and oxygen atoms in total. The van der Waals surface area contributed by atoms with E-state index in [1.165, 1.54) is 32.1 Å². The number of benzene rings is 1. The average Bonchev–Trinajstić information content (AvgIpc) is 2.38. The quantitative estimate of drug-likeness (QED) is 0.857. The van der Waals surface area contributed by atoms with E-state index in [-0.39, 0.29) is 5.91 Å². The minimum absolute atomic E-state index is 0.353. The Morgan fingerprint density at radius 1 is 1.33 bits per heavy atom. The summed E-state index contributed by atoms with van der Waals surface area (Å²) >= 11 is 0. The summed E-state index contributed by atoms with van der Waals surface area (Å²) in [7, 11) is 0. The first-order chi connectivity index (χ1) is 8.68. The van der Waals surface area contributed by atoms with Gasteiger partial charge in [-0.3, -0.25) is 4.79 Å². The molecule has 1 amide bonds. The van der Waals surface area contributed by atoms with Crippen LogP contribution in [0, 0.1) is 12.8 Å². The number of nitrogens with two attached hydrogens (primary N) is 1. The lowest BCUT2D eigenvalue weighted by atomic mass is 9.89. The molecule has 1 fully saturated rings. The van der Waals surface area contributed by atoms with Gasteiger partial charge in [-0.2, -0.15) is 0 Å². The largest absolute Gasteiger partial charge is 0.385 e. The summed E-state index contributed by atoms with van der Waals surface area (Å²) in [6, 6.07) is 5.68. The summed E-state index contributed by atoms with van der Waals surface area (Å²) in [5, 5.41) is 3.47. The van der Waals surface area contributed by atoms with Crippen LogP contribution >= 0.6 is 0 Å². The van der Waals surface area contributed by atoms with Crippen LogP contribution in [0.5, 0.6) is 0 Å². The van der Waals surface area contributed by atoms with Crippen LogP contribution in [0.1, 0.15) is 48.0 Å². The molecule has 0 spiro atoms. The van der Waals surface area contributed by atoms with Crippen molar-refractivity contribution in [2.45, 2.75) is 39.0 Å². The maximum Gasteiger partial charge on any atom is 0.249 e. The molecule has 0 aromatic heterocycles. The predicted octanol–water partition coefficient (Wildman–Crippen LogP) is 3.09. The van der Waals surface area contributed by atoms with Crippen LogP contribution in [0.4, 0.5) is 5.69 Å². The molecule has 1 aromatic rings. The number of carbonyl (C=O) groups is 1. The highest BCUT2D eigenvalue weighted by atomic mass is 16.1. The van der Waals surface area contributed by atoms with Crippen molar-refractivity contribution in [1.82, 2.24) is 0 Å². The molecule has 18 heavy (non-hydrogen) atoms. The summed E-state index contributed by atoms with van der Waals surface area (Å²) in [6.07, 6.45) is 6.73. The van der Waals surface area contributed by atoms with Gasteiger partial charge in [-0.25, -0.2) is 0 Å². The predicted molar refractivity (Wildman–Crippen MR) is 74.8 cm³/mol. The summed E-state index contributed by atoms with van der Waals surface area (Å²) in [4.78, 5) is 11.3. The molecular formula is C15H22N2O. The van der Waals surface area contributed by atoms with Gasteiger partial charge < -0.3 is 11.1 Å². The van der Waals surface area contributed by atoms with E-state index in [0.717, 1.165) is 23.7 Å². The second kappa shape index (κ2) is 5.89. The third kappa shape index (κ3) is 3.03. The first-order valence-electron chi connectivity index (χ1n) is 6.82. The highest BCUT2D eigenvalue weighted by Gasteiger charge is 2.14. The van der Waals surface area contributed by atoms with Crippen molar-refractivity contribution in [3.8, 4) is 0 Å². The zero-order chi connectivity index (χ0) is 13.0. The standard InChI is InChI=1S/C15H22N2O/c1-11-13(15(16)18)8-5-9-14(11)17-10-12-6-3-2-4-7-12/h5,8-9,12,17H,2-4,6-7,10H2,1H3,(H2,16,18). The Bertz CT molecular complexity index is 423. The molecule has 0 bridgehead atoms. The van der Waals surface area contributed by atoms with Crippen molar-refractivity contribution in [1.29, 1.82) is 0 Å². The minimum Gasteiger partial charge on any atom is -0.385 e. The van der Waals surface area contributed by atoms with Crippen molar-refractivity contribution in [3.05, 3.63) is 29.3 Å². The normalized spacial score (nSPS) is 16.5. The van der Waals surface area contributed by atoms with Gasteiger partial charge in [0.05, 0.1) is 0 Å². The van der Waals surface area contributed by atoms with Crippen LogP contribution in [0.25, 0.3) is 0 Å². The Morgan fingerprint density at radius 3 is 2.72 bits per heavy atom. The van der Waals surface area contributed by atoms with Crippen LogP contribution in [0.3, 0.4) is 0 Å². The Labute approximate surface area is 109 Å². The highest BCUT2D eigenvalue weighted by molar-refractivity contribution is 5.95. The van der Waals surface area contributed by atoms with E-state index in [1.54, 1.807) is 6.07 Å². The van der Waals surface area contributed by atoms with E-state index in [4.69, 9.17) is 5.73 Å². The number of nitrogens with one attached hydrogen (secondary N) is 1. The lowest BCUT2D eigenvalue weighted by molar-refractivity contribution is 0.1000. The van der Waals surface area contributed by atoms with E-state index in [0.29, 0.717) is 5.56 Å². The third-order valence-corrected chi connectivity index (χ3v) is 3.91. The Kier molecular flexibility index (Phi) is 4.24. The molecule has 0 unspecified atom stereocenters. The fourth-order valence-electron chi connectivity index (χ4n) is 2.74. The molecule has 0 atom stereocenters. The molecule has 98 valence electrons. The molecule has 3 heteroatoms. The Morgan fingerprint density at radius 2 is 2.06 bits per heavy atom. The third-order valence-electron chi connectivity index (χ3n) is 3.91. The maximum absolute atomic E-state index is 11.3. The first kappa shape index (κ1) is 12.9. The number of hydrogen-bond donors (Lipinski definition) is 2. The van der Waals surface area contributed by atoms with E-state index < -0.39 is 0 Å². The second-order valence-corrected chi connectivity index (χ2v) is 5.23. The summed E-state index contributed by atoms with van der Waals surface area (Å²) in [5.41, 5.74) is 7.97. The van der Waals surface area contributed by atoms with Gasteiger partial charge in [-0.05, 0) is 43.4 Å². The lowest BCUT2D eigenvalue weighted by Crippen LogP contribution is -2.19. The Balaban J connectivity index is 2.00. The molecule has 0 radical (unpaired) electrons. The van der Waals surface area contributed by atoms with Crippen molar-refractivity contribution in [2.24, 2.45) is 11.7 Å². The van der Waals surface area contributed by atoms with Gasteiger partial charge in [0, 0.05) is 17.8 Å². The Hall–Kier alpha value is -1.51. The summed E-state index contributed by atoms with van der Waals surface area (Å²) in [5.74, 6) is 0.421. The maximum atomic E-state index is 11.3. The van der Waals surface area contributed by atoms with Gasteiger partial charge in [0.25, 0.3) is 0 Å². The van der Waals surface area contributed by atoms with E-state index in [1.807, 2.05) is 19.1 Å². The van der Waals surface area contributed by atoms with Gasteiger partial charge in [0.2, 0.25) is 5.91 Å². The number of anilines is 1. The number of amides is 1. The van der Waals surface area contributed by atoms with Crippen LogP contribution in [0.15, 0.2) is 18.2 Å². The van der Waals surface area contributed by atoms with Crippen LogP contribution in [-0.2, 0) is 0 Å².